The van der Waals surface area contributed by atoms with Crippen LogP contribution in [0.3, 0.4) is 0 Å². The number of hydrogen-bond donors (Lipinski definition) is 10. The highest BCUT2D eigenvalue weighted by Crippen LogP contribution is 2.60. The van der Waals surface area contributed by atoms with E-state index in [9.17, 15) is 41.0 Å². The van der Waals surface area contributed by atoms with E-state index in [0.29, 0.717) is 29.5 Å². The quantitative estimate of drug-likeness (QED) is 0.0770. The maximum absolute atomic E-state index is 13.2. The third-order valence-electron chi connectivity index (χ3n) is 9.08. The molecule has 0 unspecified atom stereocenters. The summed E-state index contributed by atoms with van der Waals surface area (Å²) >= 11 is 20.9. The SMILES string of the molecule is CO[C@H]1NC(N)=[N+]2[C@@H]3[NH+]=C(N)N[C@]3(O)[C@@H]3[C@@H](CNC(=O)c4cc(Br)c(Br)[nH]4)[C@H](CNC(=O)c4cc(Br)c(Br)[nH]4)[C@@H](Cl)[C@@]132.O=C([O-])C(F)(F)F.O=C([O-])C(F)(F)F. The van der Waals surface area contributed by atoms with Crippen molar-refractivity contribution in [2.24, 2.45) is 29.2 Å². The topological polar surface area (TPSA) is 293 Å². The molecule has 1 spiro atoms. The van der Waals surface area contributed by atoms with Crippen molar-refractivity contribution in [1.29, 1.82) is 0 Å². The Morgan fingerprint density at radius 2 is 1.36 bits per heavy atom. The molecule has 1 saturated carbocycles. The highest BCUT2D eigenvalue weighted by Gasteiger charge is 2.85. The number of carboxylic acid groups (broad SMARTS) is 2. The monoisotopic (exact) mass is 1080 g/mol. The standard InChI is InChI=1S/C23H25Br4ClN10O4.2C2HF3O2/c1-42-19-22-12(23(41)18(35-20(29)37-23)38(22)21(30)36-19)6(4-31-16(39)10-2-8(24)14(26)33-10)7(13(22)28)5-32-17(40)11-3-9(25)15(27)34-11;2*3-2(4,5)1(6)7/h2-3,6-7,12-13,18-19,41H,4-5H2,1H3,(H9,29,30,31,32,33,34,35,36,37,39,40);2*(H,6,7)/t6-,7-,12+,13+,18-,19+,22+,23-;;/m0../s1. The van der Waals surface area contributed by atoms with Crippen LogP contribution in [0.4, 0.5) is 26.3 Å². The molecule has 2 aromatic rings. The minimum Gasteiger partial charge on any atom is -0.542 e. The summed E-state index contributed by atoms with van der Waals surface area (Å²) in [6, 6.07) is 3.31. The Hall–Kier alpha value is -3.31. The fraction of sp³-hybridized carbons (Fsp3) is 0.481. The van der Waals surface area contributed by atoms with Crippen molar-refractivity contribution in [2.45, 2.75) is 41.4 Å². The second-order valence-electron chi connectivity index (χ2n) is 12.2. The third-order valence-corrected chi connectivity index (χ3v) is 13.3. The number of aromatic nitrogens is 2. The Labute approximate surface area is 348 Å². The first kappa shape index (κ1) is 45.4. The number of carbonyl (C=O) groups excluding carboxylic acids is 4. The molecule has 5 heterocycles. The minimum absolute atomic E-state index is 0.101. The van der Waals surface area contributed by atoms with Crippen molar-refractivity contribution in [3.05, 3.63) is 41.7 Å². The van der Waals surface area contributed by atoms with Gasteiger partial charge in [0.2, 0.25) is 6.23 Å². The van der Waals surface area contributed by atoms with Crippen molar-refractivity contribution >= 4 is 111 Å². The largest absolute Gasteiger partial charge is 0.542 e. The second kappa shape index (κ2) is 16.5. The predicted molar refractivity (Wildman–Crippen MR) is 187 cm³/mol. The molecule has 0 radical (unpaired) electrons. The van der Waals surface area contributed by atoms with Gasteiger partial charge in [-0.25, -0.2) is 20.2 Å². The number of carboxylic acids is 2. The molecule has 0 bridgehead atoms. The fourth-order valence-electron chi connectivity index (χ4n) is 7.13. The number of hydrogen-bond acceptors (Lipinski definition) is 12. The van der Waals surface area contributed by atoms with Gasteiger partial charge in [-0.3, -0.25) is 21.1 Å². The van der Waals surface area contributed by atoms with E-state index in [1.807, 2.05) is 0 Å². The van der Waals surface area contributed by atoms with Gasteiger partial charge in [-0.05, 0) is 81.8 Å². The molecule has 0 aromatic carbocycles. The maximum atomic E-state index is 13.2. The van der Waals surface area contributed by atoms with Crippen LogP contribution in [0.15, 0.2) is 30.3 Å². The average molecular weight is 1090 g/mol. The van der Waals surface area contributed by atoms with Gasteiger partial charge in [0.15, 0.2) is 5.54 Å². The van der Waals surface area contributed by atoms with Gasteiger partial charge in [-0.15, -0.1) is 11.6 Å². The first-order chi connectivity index (χ1) is 25.7. The summed E-state index contributed by atoms with van der Waals surface area (Å²) in [5.41, 5.74) is 10.5. The lowest BCUT2D eigenvalue weighted by molar-refractivity contribution is -0.779. The predicted octanol–water partition coefficient (Wildman–Crippen LogP) is -2.71. The number of fused-ring (bicyclic) bond motifs is 3. The van der Waals surface area contributed by atoms with Crippen LogP contribution in [-0.2, 0) is 14.3 Å². The number of halogens is 11. The smallest absolute Gasteiger partial charge is 0.430 e. The number of carbonyl (C=O) groups is 4. The number of nitrogens with two attached hydrogens (primary N) is 2. The van der Waals surface area contributed by atoms with Crippen LogP contribution in [0.2, 0.25) is 0 Å². The Balaban J connectivity index is 0.000000425. The summed E-state index contributed by atoms with van der Waals surface area (Å²) in [6.07, 6.45) is -11.9. The van der Waals surface area contributed by atoms with Crippen molar-refractivity contribution in [3.63, 3.8) is 0 Å². The zero-order valence-corrected chi connectivity index (χ0v) is 34.7. The highest BCUT2D eigenvalue weighted by atomic mass is 79.9. The fourth-order valence-corrected chi connectivity index (χ4v) is 9.07. The van der Waals surface area contributed by atoms with Crippen molar-refractivity contribution in [2.75, 3.05) is 20.2 Å². The second-order valence-corrected chi connectivity index (χ2v) is 16.0. The molecule has 56 heavy (non-hydrogen) atoms. The lowest BCUT2D eigenvalue weighted by atomic mass is 9.77. The van der Waals surface area contributed by atoms with Crippen molar-refractivity contribution in [1.82, 2.24) is 31.2 Å². The average Bonchev–Trinajstić information content (AvgIpc) is 3.87. The molecular formula is C27H27Br4ClF6N10O8. The van der Waals surface area contributed by atoms with E-state index in [1.54, 1.807) is 16.7 Å². The first-order valence-corrected chi connectivity index (χ1v) is 18.8. The zero-order chi connectivity index (χ0) is 42.5. The van der Waals surface area contributed by atoms with E-state index in [4.69, 9.17) is 47.6 Å². The number of H-pyrrole nitrogens is 2. The molecule has 2 amide bonds. The van der Waals surface area contributed by atoms with Crippen molar-refractivity contribution in [3.8, 4) is 0 Å². The number of guanidine groups is 2. The number of aliphatic hydroxyl groups is 1. The Morgan fingerprint density at radius 3 is 1.73 bits per heavy atom. The van der Waals surface area contributed by atoms with Crippen LogP contribution >= 0.6 is 75.3 Å². The Bertz CT molecular complexity index is 1900. The molecule has 29 heteroatoms. The third kappa shape index (κ3) is 8.45. The Morgan fingerprint density at radius 1 is 0.929 bits per heavy atom. The number of alkyl halides is 7. The van der Waals surface area contributed by atoms with Gasteiger partial charge in [0, 0.05) is 26.1 Å². The molecule has 6 rings (SSSR count). The summed E-state index contributed by atoms with van der Waals surface area (Å²) in [5.74, 6) is -7.97. The molecule has 2 aromatic heterocycles. The Kier molecular flexibility index (Phi) is 13.4. The van der Waals surface area contributed by atoms with Gasteiger partial charge in [0.25, 0.3) is 23.7 Å². The molecule has 8 atom stereocenters. The van der Waals surface area contributed by atoms with E-state index in [-0.39, 0.29) is 36.8 Å². The molecular weight excluding hydrogens is 1060 g/mol. The van der Waals surface area contributed by atoms with Gasteiger partial charge in [-0.2, -0.15) is 26.3 Å². The van der Waals surface area contributed by atoms with E-state index in [2.05, 4.69) is 99.9 Å². The molecule has 1 aliphatic carbocycles. The molecule has 4 aliphatic rings. The van der Waals surface area contributed by atoms with Gasteiger partial charge >= 0.3 is 24.3 Å². The van der Waals surface area contributed by atoms with Gasteiger partial charge in [0.05, 0.1) is 29.4 Å². The number of amides is 2. The maximum Gasteiger partial charge on any atom is 0.430 e. The lowest BCUT2D eigenvalue weighted by Crippen LogP contribution is -2.84. The molecule has 18 nitrogen and oxygen atoms in total. The van der Waals surface area contributed by atoms with E-state index in [0.717, 1.165) is 0 Å². The normalized spacial score (nSPS) is 28.6. The van der Waals surface area contributed by atoms with Crippen LogP contribution in [0.1, 0.15) is 21.0 Å². The van der Waals surface area contributed by atoms with Crippen molar-refractivity contribution < 1.29 is 75.1 Å². The minimum atomic E-state index is -5.19. The summed E-state index contributed by atoms with van der Waals surface area (Å²) in [7, 11) is 1.52. The van der Waals surface area contributed by atoms with Gasteiger partial charge < -0.3 is 50.2 Å². The molecule has 1 saturated heterocycles. The zero-order valence-electron chi connectivity index (χ0n) is 27.6. The van der Waals surface area contributed by atoms with E-state index >= 15 is 0 Å². The summed E-state index contributed by atoms with van der Waals surface area (Å²) < 4.78 is 73.4. The van der Waals surface area contributed by atoms with Crippen LogP contribution in [0.5, 0.6) is 0 Å². The number of methoxy groups -OCH3 is 1. The molecule has 3 aliphatic heterocycles. The van der Waals surface area contributed by atoms with Crippen LogP contribution in [0, 0.1) is 17.8 Å². The number of rotatable bonds is 7. The summed E-state index contributed by atoms with van der Waals surface area (Å²) in [5, 5.41) is 41.2. The molecule has 2 fully saturated rings. The number of ether oxygens (including phenoxy) is 1. The van der Waals surface area contributed by atoms with Gasteiger partial charge in [0.1, 0.15) is 23.3 Å². The summed E-state index contributed by atoms with van der Waals surface area (Å²) in [6.45, 7) is 0.223. The molecule has 310 valence electrons. The molecule has 12 N–H and O–H groups in total. The van der Waals surface area contributed by atoms with E-state index in [1.165, 1.54) is 7.11 Å². The first-order valence-electron chi connectivity index (χ1n) is 15.2. The van der Waals surface area contributed by atoms with Crippen LogP contribution in [-0.4, -0.2) is 117 Å². The number of aliphatic carboxylic acids is 2. The van der Waals surface area contributed by atoms with Gasteiger partial charge in [-0.1, -0.05) is 0 Å². The lowest BCUT2D eigenvalue weighted by Gasteiger charge is -2.34. The van der Waals surface area contributed by atoms with Crippen LogP contribution in [0.25, 0.3) is 0 Å². The number of nitrogens with one attached hydrogen (secondary N) is 7. The van der Waals surface area contributed by atoms with Crippen LogP contribution < -0.4 is 47.9 Å². The van der Waals surface area contributed by atoms with E-state index < -0.39 is 71.1 Å². The summed E-state index contributed by atoms with van der Waals surface area (Å²) in [4.78, 5) is 52.9. The highest BCUT2D eigenvalue weighted by molar-refractivity contribution is 9.13. The number of nitrogens with zero attached hydrogens (tertiary/aromatic N) is 1. The number of aromatic amines is 2.